The normalized spacial score (nSPS) is 11.8. The van der Waals surface area contributed by atoms with Gasteiger partial charge in [0.05, 0.1) is 16.8 Å². The standard InChI is InChI=1S/C20H23N3O4S2/c1-13(2)10-23-14(3)18(9-21-23)20(24)27-11-16-12-28-19(22-16)15-5-7-17(8-6-15)29(4,25)26/h5-9,12-13H,10-11H2,1-4H3. The lowest BCUT2D eigenvalue weighted by atomic mass is 10.2. The van der Waals surface area contributed by atoms with Gasteiger partial charge in [0.2, 0.25) is 0 Å². The Morgan fingerprint density at radius 1 is 1.24 bits per heavy atom. The number of carbonyl (C=O) groups is 1. The van der Waals surface area contributed by atoms with Crippen LogP contribution in [-0.2, 0) is 27.7 Å². The molecule has 0 unspecified atom stereocenters. The second-order valence-electron chi connectivity index (χ2n) is 7.24. The van der Waals surface area contributed by atoms with Gasteiger partial charge in [0.25, 0.3) is 0 Å². The fourth-order valence-corrected chi connectivity index (χ4v) is 4.19. The number of benzene rings is 1. The maximum Gasteiger partial charge on any atom is 0.342 e. The summed E-state index contributed by atoms with van der Waals surface area (Å²) >= 11 is 1.41. The van der Waals surface area contributed by atoms with E-state index in [2.05, 4.69) is 23.9 Å². The molecule has 3 rings (SSSR count). The van der Waals surface area contributed by atoms with E-state index >= 15 is 0 Å². The monoisotopic (exact) mass is 433 g/mol. The summed E-state index contributed by atoms with van der Waals surface area (Å²) in [5, 5.41) is 6.81. The summed E-state index contributed by atoms with van der Waals surface area (Å²) < 4.78 is 30.3. The van der Waals surface area contributed by atoms with E-state index in [0.717, 1.165) is 22.8 Å². The molecule has 0 radical (unpaired) electrons. The van der Waals surface area contributed by atoms with Crippen LogP contribution in [0.5, 0.6) is 0 Å². The molecule has 0 N–H and O–H groups in total. The highest BCUT2D eigenvalue weighted by Crippen LogP contribution is 2.25. The maximum absolute atomic E-state index is 12.4. The molecule has 0 aliphatic carbocycles. The van der Waals surface area contributed by atoms with Crippen LogP contribution in [0.15, 0.2) is 40.7 Å². The van der Waals surface area contributed by atoms with E-state index in [1.54, 1.807) is 24.3 Å². The molecule has 0 bridgehead atoms. The van der Waals surface area contributed by atoms with Crippen molar-refractivity contribution in [2.45, 2.75) is 38.8 Å². The van der Waals surface area contributed by atoms with E-state index in [9.17, 15) is 13.2 Å². The van der Waals surface area contributed by atoms with E-state index in [4.69, 9.17) is 4.74 Å². The molecule has 29 heavy (non-hydrogen) atoms. The number of carbonyl (C=O) groups excluding carboxylic acids is 1. The number of nitrogens with zero attached hydrogens (tertiary/aromatic N) is 3. The number of rotatable bonds is 7. The molecule has 0 atom stereocenters. The number of thiazole rings is 1. The zero-order valence-corrected chi connectivity index (χ0v) is 18.4. The minimum absolute atomic E-state index is 0.0611. The minimum Gasteiger partial charge on any atom is -0.455 e. The van der Waals surface area contributed by atoms with Gasteiger partial charge in [-0.1, -0.05) is 26.0 Å². The van der Waals surface area contributed by atoms with Crippen molar-refractivity contribution in [2.75, 3.05) is 6.26 Å². The lowest BCUT2D eigenvalue weighted by Gasteiger charge is -2.08. The number of aromatic nitrogens is 3. The summed E-state index contributed by atoms with van der Waals surface area (Å²) in [6, 6.07) is 6.56. The quantitative estimate of drug-likeness (QED) is 0.527. The Morgan fingerprint density at radius 3 is 2.55 bits per heavy atom. The van der Waals surface area contributed by atoms with Crippen LogP contribution in [0.1, 0.15) is 35.6 Å². The lowest BCUT2D eigenvalue weighted by Crippen LogP contribution is -2.10. The predicted molar refractivity (Wildman–Crippen MR) is 112 cm³/mol. The summed E-state index contributed by atoms with van der Waals surface area (Å²) in [7, 11) is -3.23. The zero-order valence-electron chi connectivity index (χ0n) is 16.7. The van der Waals surface area contributed by atoms with Crippen molar-refractivity contribution in [2.24, 2.45) is 5.92 Å². The zero-order chi connectivity index (χ0) is 21.2. The van der Waals surface area contributed by atoms with E-state index in [0.29, 0.717) is 17.2 Å². The van der Waals surface area contributed by atoms with E-state index < -0.39 is 15.8 Å². The van der Waals surface area contributed by atoms with Gasteiger partial charge >= 0.3 is 5.97 Å². The number of sulfone groups is 1. The van der Waals surface area contributed by atoms with Gasteiger partial charge in [0.1, 0.15) is 17.2 Å². The Morgan fingerprint density at radius 2 is 1.93 bits per heavy atom. The number of esters is 1. The third-order valence-electron chi connectivity index (χ3n) is 4.29. The van der Waals surface area contributed by atoms with E-state index in [1.807, 2.05) is 17.0 Å². The highest BCUT2D eigenvalue weighted by molar-refractivity contribution is 7.90. The summed E-state index contributed by atoms with van der Waals surface area (Å²) in [5.41, 5.74) is 2.69. The molecule has 7 nitrogen and oxygen atoms in total. The van der Waals surface area contributed by atoms with Gasteiger partial charge in [-0.05, 0) is 25.0 Å². The Bertz CT molecular complexity index is 1110. The molecule has 2 heterocycles. The second-order valence-corrected chi connectivity index (χ2v) is 10.1. The van der Waals surface area contributed by atoms with E-state index in [1.165, 1.54) is 23.8 Å². The van der Waals surface area contributed by atoms with Crippen LogP contribution in [0.4, 0.5) is 0 Å². The molecule has 154 valence electrons. The number of hydrogen-bond acceptors (Lipinski definition) is 7. The van der Waals surface area contributed by atoms with Crippen molar-refractivity contribution in [3.8, 4) is 10.6 Å². The molecule has 0 fully saturated rings. The molecule has 0 aliphatic rings. The van der Waals surface area contributed by atoms with E-state index in [-0.39, 0.29) is 11.5 Å². The van der Waals surface area contributed by atoms with Crippen LogP contribution in [-0.4, -0.2) is 35.4 Å². The average Bonchev–Trinajstić information content (AvgIpc) is 3.26. The highest BCUT2D eigenvalue weighted by atomic mass is 32.2. The Labute approximate surface area is 174 Å². The van der Waals surface area contributed by atoms with Crippen molar-refractivity contribution in [3.05, 3.63) is 52.8 Å². The van der Waals surface area contributed by atoms with Gasteiger partial charge < -0.3 is 4.74 Å². The fraction of sp³-hybridized carbons (Fsp3) is 0.350. The second kappa shape index (κ2) is 8.46. The summed E-state index contributed by atoms with van der Waals surface area (Å²) in [4.78, 5) is 17.1. The molecule has 0 aliphatic heterocycles. The average molecular weight is 434 g/mol. The van der Waals surface area contributed by atoms with Crippen molar-refractivity contribution < 1.29 is 17.9 Å². The molecule has 0 saturated carbocycles. The molecule has 2 aromatic heterocycles. The van der Waals surface area contributed by atoms with Gasteiger partial charge in [-0.3, -0.25) is 4.68 Å². The molecule has 3 aromatic rings. The third-order valence-corrected chi connectivity index (χ3v) is 6.36. The SMILES string of the molecule is Cc1c(C(=O)OCc2csc(-c3ccc(S(C)(=O)=O)cc3)n2)cnn1CC(C)C. The fourth-order valence-electron chi connectivity index (χ4n) is 2.74. The number of hydrogen-bond donors (Lipinski definition) is 0. The first-order valence-corrected chi connectivity index (χ1v) is 11.9. The molecule has 0 spiro atoms. The summed E-state index contributed by atoms with van der Waals surface area (Å²) in [6.07, 6.45) is 2.71. The Kier molecular flexibility index (Phi) is 6.18. The molecule has 1 aromatic carbocycles. The van der Waals surface area contributed by atoms with Crippen LogP contribution in [0.25, 0.3) is 10.6 Å². The maximum atomic E-state index is 12.4. The lowest BCUT2D eigenvalue weighted by molar-refractivity contribution is 0.0467. The van der Waals surface area contributed by atoms with Gasteiger partial charge in [0, 0.05) is 29.4 Å². The van der Waals surface area contributed by atoms with Crippen LogP contribution in [0, 0.1) is 12.8 Å². The largest absolute Gasteiger partial charge is 0.455 e. The summed E-state index contributed by atoms with van der Waals surface area (Å²) in [6.45, 7) is 6.84. The van der Waals surface area contributed by atoms with Crippen LogP contribution >= 0.6 is 11.3 Å². The van der Waals surface area contributed by atoms with Gasteiger partial charge in [-0.25, -0.2) is 18.2 Å². The highest BCUT2D eigenvalue weighted by Gasteiger charge is 2.17. The number of ether oxygens (including phenoxy) is 1. The first-order valence-electron chi connectivity index (χ1n) is 9.09. The smallest absolute Gasteiger partial charge is 0.342 e. The van der Waals surface area contributed by atoms with Crippen LogP contribution in [0.3, 0.4) is 0 Å². The molecule has 0 saturated heterocycles. The Hall–Kier alpha value is -2.52. The van der Waals surface area contributed by atoms with Gasteiger partial charge in [-0.2, -0.15) is 5.10 Å². The molecule has 9 heteroatoms. The first-order chi connectivity index (χ1) is 13.6. The third kappa shape index (κ3) is 5.10. The Balaban J connectivity index is 1.65. The molecular weight excluding hydrogens is 410 g/mol. The van der Waals surface area contributed by atoms with Gasteiger partial charge in [-0.15, -0.1) is 11.3 Å². The molecular formula is C20H23N3O4S2. The predicted octanol–water partition coefficient (Wildman–Crippen LogP) is 3.73. The molecule has 0 amide bonds. The minimum atomic E-state index is -3.23. The van der Waals surface area contributed by atoms with Gasteiger partial charge in [0.15, 0.2) is 9.84 Å². The van der Waals surface area contributed by atoms with Crippen molar-refractivity contribution in [1.82, 2.24) is 14.8 Å². The topological polar surface area (TPSA) is 91.2 Å². The summed E-state index contributed by atoms with van der Waals surface area (Å²) in [5.74, 6) is 0.00181. The van der Waals surface area contributed by atoms with Crippen molar-refractivity contribution >= 4 is 27.1 Å². The van der Waals surface area contributed by atoms with Crippen molar-refractivity contribution in [1.29, 1.82) is 0 Å². The van der Waals surface area contributed by atoms with Crippen LogP contribution in [0.2, 0.25) is 0 Å². The first kappa shape index (κ1) is 21.2. The van der Waals surface area contributed by atoms with Crippen molar-refractivity contribution in [3.63, 3.8) is 0 Å². The van der Waals surface area contributed by atoms with Crippen LogP contribution < -0.4 is 0 Å².